The minimum Gasteiger partial charge on any atom is -0.328 e. The van der Waals surface area contributed by atoms with Gasteiger partial charge in [-0.1, -0.05) is 13.3 Å². The third-order valence-corrected chi connectivity index (χ3v) is 3.75. The van der Waals surface area contributed by atoms with Crippen molar-refractivity contribution in [3.63, 3.8) is 0 Å². The van der Waals surface area contributed by atoms with Gasteiger partial charge in [-0.15, -0.1) is 0 Å². The highest BCUT2D eigenvalue weighted by Gasteiger charge is 2.28. The van der Waals surface area contributed by atoms with Crippen LogP contribution in [0.15, 0.2) is 0 Å². The maximum Gasteiger partial charge on any atom is 0.00960 e. The second-order valence-corrected chi connectivity index (χ2v) is 5.20. The fourth-order valence-electron chi connectivity index (χ4n) is 2.73. The summed E-state index contributed by atoms with van der Waals surface area (Å²) >= 11 is 0. The van der Waals surface area contributed by atoms with Crippen LogP contribution in [0.2, 0.25) is 0 Å². The van der Waals surface area contributed by atoms with E-state index in [4.69, 9.17) is 5.73 Å². The maximum atomic E-state index is 5.75. The molecular formula is C13H28N2. The molecule has 1 saturated heterocycles. The summed E-state index contributed by atoms with van der Waals surface area (Å²) in [6.07, 6.45) is 7.91. The lowest BCUT2D eigenvalue weighted by atomic mass is 10.1. The van der Waals surface area contributed by atoms with Crippen molar-refractivity contribution in [1.82, 2.24) is 4.90 Å². The molecule has 2 heteroatoms. The molecule has 15 heavy (non-hydrogen) atoms. The molecule has 0 radical (unpaired) electrons. The van der Waals surface area contributed by atoms with Crippen molar-refractivity contribution in [2.45, 2.75) is 77.4 Å². The zero-order valence-corrected chi connectivity index (χ0v) is 10.7. The summed E-state index contributed by atoms with van der Waals surface area (Å²) in [6, 6.07) is 2.04. The summed E-state index contributed by atoms with van der Waals surface area (Å²) in [6.45, 7) is 8.08. The Morgan fingerprint density at radius 1 is 1.33 bits per heavy atom. The highest BCUT2D eigenvalue weighted by molar-refractivity contribution is 4.83. The van der Waals surface area contributed by atoms with Crippen molar-refractivity contribution >= 4 is 0 Å². The SMILES string of the molecule is CCC1CCC(C)N1CCCCC(C)N. The number of hydrogen-bond acceptors (Lipinski definition) is 2. The van der Waals surface area contributed by atoms with E-state index in [1.54, 1.807) is 0 Å². The van der Waals surface area contributed by atoms with Crippen LogP contribution in [0, 0.1) is 0 Å². The number of nitrogens with two attached hydrogens (primary N) is 1. The summed E-state index contributed by atoms with van der Waals surface area (Å²) < 4.78 is 0. The predicted molar refractivity (Wildman–Crippen MR) is 67.0 cm³/mol. The summed E-state index contributed by atoms with van der Waals surface area (Å²) in [5, 5.41) is 0. The molecule has 0 aromatic rings. The molecule has 0 amide bonds. The normalized spacial score (nSPS) is 29.6. The molecule has 1 fully saturated rings. The number of hydrogen-bond donors (Lipinski definition) is 1. The van der Waals surface area contributed by atoms with Gasteiger partial charge in [-0.25, -0.2) is 0 Å². The second kappa shape index (κ2) is 6.49. The molecule has 0 aromatic heterocycles. The van der Waals surface area contributed by atoms with Crippen LogP contribution < -0.4 is 5.73 Å². The number of unbranched alkanes of at least 4 members (excludes halogenated alkanes) is 1. The van der Waals surface area contributed by atoms with Crippen LogP contribution in [-0.4, -0.2) is 29.6 Å². The third kappa shape index (κ3) is 4.12. The summed E-state index contributed by atoms with van der Waals surface area (Å²) in [7, 11) is 0. The fourth-order valence-corrected chi connectivity index (χ4v) is 2.73. The van der Waals surface area contributed by atoms with Gasteiger partial charge in [0, 0.05) is 18.1 Å². The first-order chi connectivity index (χ1) is 7.15. The summed E-state index contributed by atoms with van der Waals surface area (Å²) in [5.41, 5.74) is 5.75. The van der Waals surface area contributed by atoms with E-state index in [1.165, 1.54) is 45.1 Å². The van der Waals surface area contributed by atoms with Gasteiger partial charge in [0.05, 0.1) is 0 Å². The Morgan fingerprint density at radius 2 is 2.07 bits per heavy atom. The van der Waals surface area contributed by atoms with Gasteiger partial charge in [-0.05, 0) is 52.5 Å². The van der Waals surface area contributed by atoms with E-state index >= 15 is 0 Å². The lowest BCUT2D eigenvalue weighted by Crippen LogP contribution is -2.35. The van der Waals surface area contributed by atoms with Gasteiger partial charge in [0.25, 0.3) is 0 Å². The Hall–Kier alpha value is -0.0800. The Labute approximate surface area is 95.2 Å². The van der Waals surface area contributed by atoms with E-state index in [1.807, 2.05) is 0 Å². The molecule has 0 saturated carbocycles. The summed E-state index contributed by atoms with van der Waals surface area (Å²) in [5.74, 6) is 0. The van der Waals surface area contributed by atoms with Crippen molar-refractivity contribution in [1.29, 1.82) is 0 Å². The van der Waals surface area contributed by atoms with Crippen molar-refractivity contribution in [3.05, 3.63) is 0 Å². The van der Waals surface area contributed by atoms with Crippen LogP contribution in [0.3, 0.4) is 0 Å². The fraction of sp³-hybridized carbons (Fsp3) is 1.00. The van der Waals surface area contributed by atoms with Crippen LogP contribution in [0.4, 0.5) is 0 Å². The maximum absolute atomic E-state index is 5.75. The standard InChI is InChI=1S/C13H28N2/c1-4-13-9-8-12(3)15(13)10-6-5-7-11(2)14/h11-13H,4-10,14H2,1-3H3. The highest BCUT2D eigenvalue weighted by Crippen LogP contribution is 2.26. The van der Waals surface area contributed by atoms with E-state index in [-0.39, 0.29) is 0 Å². The molecule has 0 spiro atoms. The lowest BCUT2D eigenvalue weighted by molar-refractivity contribution is 0.194. The monoisotopic (exact) mass is 212 g/mol. The van der Waals surface area contributed by atoms with Crippen LogP contribution in [0.25, 0.3) is 0 Å². The Morgan fingerprint density at radius 3 is 2.67 bits per heavy atom. The van der Waals surface area contributed by atoms with Crippen molar-refractivity contribution in [3.8, 4) is 0 Å². The van der Waals surface area contributed by atoms with Crippen molar-refractivity contribution in [2.75, 3.05) is 6.54 Å². The zero-order chi connectivity index (χ0) is 11.3. The summed E-state index contributed by atoms with van der Waals surface area (Å²) in [4.78, 5) is 2.71. The Bertz CT molecular complexity index is 168. The average Bonchev–Trinajstić information content (AvgIpc) is 2.54. The molecule has 2 N–H and O–H groups in total. The quantitative estimate of drug-likeness (QED) is 0.686. The molecule has 3 atom stereocenters. The Balaban J connectivity index is 2.18. The molecule has 3 unspecified atom stereocenters. The Kier molecular flexibility index (Phi) is 5.62. The van der Waals surface area contributed by atoms with Crippen LogP contribution in [0.5, 0.6) is 0 Å². The van der Waals surface area contributed by atoms with Gasteiger partial charge in [0.1, 0.15) is 0 Å². The van der Waals surface area contributed by atoms with Crippen molar-refractivity contribution in [2.24, 2.45) is 5.73 Å². The largest absolute Gasteiger partial charge is 0.328 e. The molecule has 0 aliphatic carbocycles. The topological polar surface area (TPSA) is 29.3 Å². The lowest BCUT2D eigenvalue weighted by Gasteiger charge is -2.27. The molecule has 0 bridgehead atoms. The van der Waals surface area contributed by atoms with Gasteiger partial charge in [0.15, 0.2) is 0 Å². The molecule has 0 aromatic carbocycles. The van der Waals surface area contributed by atoms with Gasteiger partial charge < -0.3 is 5.73 Å². The van der Waals surface area contributed by atoms with Crippen LogP contribution >= 0.6 is 0 Å². The van der Waals surface area contributed by atoms with E-state index in [2.05, 4.69) is 25.7 Å². The van der Waals surface area contributed by atoms with Gasteiger partial charge in [-0.3, -0.25) is 4.90 Å². The molecule has 1 aliphatic rings. The van der Waals surface area contributed by atoms with Gasteiger partial charge in [-0.2, -0.15) is 0 Å². The van der Waals surface area contributed by atoms with E-state index < -0.39 is 0 Å². The minimum absolute atomic E-state index is 0.378. The first-order valence-corrected chi connectivity index (χ1v) is 6.66. The van der Waals surface area contributed by atoms with Crippen molar-refractivity contribution < 1.29 is 0 Å². The molecular weight excluding hydrogens is 184 g/mol. The molecule has 1 aliphatic heterocycles. The van der Waals surface area contributed by atoms with Gasteiger partial charge in [0.2, 0.25) is 0 Å². The van der Waals surface area contributed by atoms with E-state index in [0.717, 1.165) is 12.1 Å². The van der Waals surface area contributed by atoms with E-state index in [9.17, 15) is 0 Å². The van der Waals surface area contributed by atoms with Crippen LogP contribution in [0.1, 0.15) is 59.3 Å². The first-order valence-electron chi connectivity index (χ1n) is 6.66. The molecule has 1 heterocycles. The predicted octanol–water partition coefficient (Wildman–Crippen LogP) is 2.77. The molecule has 90 valence electrons. The zero-order valence-electron chi connectivity index (χ0n) is 10.7. The smallest absolute Gasteiger partial charge is 0.00960 e. The highest BCUT2D eigenvalue weighted by atomic mass is 15.2. The number of nitrogens with zero attached hydrogens (tertiary/aromatic N) is 1. The van der Waals surface area contributed by atoms with Crippen LogP contribution in [-0.2, 0) is 0 Å². The second-order valence-electron chi connectivity index (χ2n) is 5.20. The molecule has 2 nitrogen and oxygen atoms in total. The molecule has 1 rings (SSSR count). The number of likely N-dealkylation sites (tertiary alicyclic amines) is 1. The van der Waals surface area contributed by atoms with Gasteiger partial charge >= 0.3 is 0 Å². The third-order valence-electron chi connectivity index (χ3n) is 3.75. The van der Waals surface area contributed by atoms with E-state index in [0.29, 0.717) is 6.04 Å². The number of rotatable bonds is 6. The average molecular weight is 212 g/mol. The minimum atomic E-state index is 0.378. The first kappa shape index (κ1) is 13.0.